The van der Waals surface area contributed by atoms with E-state index in [9.17, 15) is 14.4 Å². The van der Waals surface area contributed by atoms with Crippen molar-refractivity contribution in [1.82, 2.24) is 16.1 Å². The molecule has 5 rings (SSSR count). The van der Waals surface area contributed by atoms with Gasteiger partial charge >= 0.3 is 12.0 Å². The van der Waals surface area contributed by atoms with Crippen LogP contribution in [0, 0.1) is 3.57 Å². The number of esters is 1. The Morgan fingerprint density at radius 3 is 2.60 bits per heavy atom. The van der Waals surface area contributed by atoms with Crippen molar-refractivity contribution in [3.8, 4) is 17.2 Å². The molecule has 0 radical (unpaired) electrons. The number of benzene rings is 4. The van der Waals surface area contributed by atoms with Crippen molar-refractivity contribution >= 4 is 73.4 Å². The van der Waals surface area contributed by atoms with Gasteiger partial charge in [0.1, 0.15) is 12.4 Å². The van der Waals surface area contributed by atoms with Crippen LogP contribution in [-0.2, 0) is 20.9 Å². The van der Waals surface area contributed by atoms with Gasteiger partial charge in [0.05, 0.1) is 39.6 Å². The molecule has 0 saturated carbocycles. The molecule has 13 heteroatoms. The van der Waals surface area contributed by atoms with Crippen molar-refractivity contribution in [2.45, 2.75) is 26.5 Å². The Morgan fingerprint density at radius 1 is 1.04 bits per heavy atom. The Hall–Kier alpha value is -4.63. The molecule has 0 fully saturated rings. The van der Waals surface area contributed by atoms with Gasteiger partial charge in [0.15, 0.2) is 18.1 Å². The van der Waals surface area contributed by atoms with E-state index in [0.717, 1.165) is 29.9 Å². The van der Waals surface area contributed by atoms with Crippen LogP contribution in [0.4, 0.5) is 4.79 Å². The smallest absolute Gasteiger partial charge is 0.338 e. The average molecular weight is 827 g/mol. The van der Waals surface area contributed by atoms with Gasteiger partial charge in [0.2, 0.25) is 0 Å². The summed E-state index contributed by atoms with van der Waals surface area (Å²) in [5.74, 6) is 0.266. The molecule has 0 aliphatic carbocycles. The monoisotopic (exact) mass is 826 g/mol. The molecule has 0 unspecified atom stereocenters. The summed E-state index contributed by atoms with van der Waals surface area (Å²) in [6, 6.07) is 21.8. The Balaban J connectivity index is 1.18. The third kappa shape index (κ3) is 8.26. The number of urea groups is 1. The van der Waals surface area contributed by atoms with Crippen LogP contribution >= 0.6 is 38.5 Å². The van der Waals surface area contributed by atoms with Crippen molar-refractivity contribution in [3.63, 3.8) is 0 Å². The molecule has 11 nitrogen and oxygen atoms in total. The van der Waals surface area contributed by atoms with Gasteiger partial charge < -0.3 is 29.6 Å². The maximum atomic E-state index is 12.6. The molecule has 1 aliphatic heterocycles. The topological polar surface area (TPSA) is 137 Å². The van der Waals surface area contributed by atoms with Gasteiger partial charge in [-0.1, -0.05) is 48.5 Å². The minimum atomic E-state index is -0.772. The lowest BCUT2D eigenvalue weighted by Crippen LogP contribution is -2.45. The van der Waals surface area contributed by atoms with E-state index in [1.54, 1.807) is 32.0 Å². The van der Waals surface area contributed by atoms with Crippen molar-refractivity contribution in [2.75, 3.05) is 20.3 Å². The van der Waals surface area contributed by atoms with Crippen LogP contribution in [0.2, 0.25) is 0 Å². The number of nitrogens with one attached hydrogen (secondary N) is 3. The Bertz CT molecular complexity index is 1900. The molecule has 0 saturated heterocycles. The van der Waals surface area contributed by atoms with Crippen molar-refractivity contribution < 1.29 is 33.3 Å². The van der Waals surface area contributed by atoms with E-state index >= 15 is 0 Å². The van der Waals surface area contributed by atoms with Crippen LogP contribution in [0.25, 0.3) is 10.8 Å². The summed E-state index contributed by atoms with van der Waals surface area (Å²) < 4.78 is 24.2. The molecular weight excluding hydrogens is 795 g/mol. The minimum absolute atomic E-state index is 0.184. The van der Waals surface area contributed by atoms with E-state index in [0.29, 0.717) is 29.4 Å². The number of hydrazone groups is 1. The van der Waals surface area contributed by atoms with Gasteiger partial charge in [-0.2, -0.15) is 5.10 Å². The molecule has 248 valence electrons. The van der Waals surface area contributed by atoms with Gasteiger partial charge in [-0.15, -0.1) is 0 Å². The molecule has 1 atom stereocenters. The number of halogens is 2. The summed E-state index contributed by atoms with van der Waals surface area (Å²) in [4.78, 5) is 37.4. The average Bonchev–Trinajstić information content (AvgIpc) is 3.06. The lowest BCUT2D eigenvalue weighted by Gasteiger charge is -2.28. The molecule has 1 aliphatic rings. The first-order chi connectivity index (χ1) is 23.2. The van der Waals surface area contributed by atoms with Crippen molar-refractivity contribution in [1.29, 1.82) is 0 Å². The molecule has 48 heavy (non-hydrogen) atoms. The number of nitrogens with zero attached hydrogens (tertiary/aromatic N) is 1. The first-order valence-corrected chi connectivity index (χ1v) is 16.7. The van der Waals surface area contributed by atoms with E-state index in [-0.39, 0.29) is 24.5 Å². The fraction of sp³-hybridized carbons (Fsp3) is 0.200. The summed E-state index contributed by atoms with van der Waals surface area (Å²) in [6.07, 6.45) is 1.53. The standard InChI is InChI=1S/C35H32BrIN4O7/c1-4-46-34(43)31-20(2)39-35(44)40-32(31)23-12-13-28(29(16-23)45-3)47-19-30(42)41-38-17-21-14-26(36)33(27(37)15-21)48-18-24-10-7-9-22-8-5-6-11-25(22)24/h5-17,32H,4,18-19H2,1-3H3,(H,41,42)(H2,39,40,44)/b38-17-/t32-/m0/s1. The lowest BCUT2D eigenvalue weighted by atomic mass is 9.95. The number of fused-ring (bicyclic) bond motifs is 1. The largest absolute Gasteiger partial charge is 0.493 e. The molecule has 4 aromatic carbocycles. The number of carbonyl (C=O) groups is 3. The summed E-state index contributed by atoms with van der Waals surface area (Å²) in [5.41, 5.74) is 5.53. The fourth-order valence-electron chi connectivity index (χ4n) is 5.12. The number of rotatable bonds is 12. The highest BCUT2D eigenvalue weighted by atomic mass is 127. The molecule has 4 aromatic rings. The summed E-state index contributed by atoms with van der Waals surface area (Å²) in [6.45, 7) is 3.59. The van der Waals surface area contributed by atoms with Crippen LogP contribution in [0.15, 0.2) is 93.6 Å². The molecule has 1 heterocycles. The van der Waals surface area contributed by atoms with E-state index in [4.69, 9.17) is 18.9 Å². The Morgan fingerprint density at radius 2 is 1.83 bits per heavy atom. The van der Waals surface area contributed by atoms with Crippen LogP contribution < -0.4 is 30.3 Å². The molecule has 0 spiro atoms. The highest BCUT2D eigenvalue weighted by molar-refractivity contribution is 14.1. The first kappa shape index (κ1) is 34.7. The SMILES string of the molecule is CCOC(=O)C1=C(C)NC(=O)N[C@H]1c1ccc(OCC(=O)N/N=C\c2cc(Br)c(OCc3cccc4ccccc34)c(I)c2)c(OC)c1. The fourth-order valence-corrected chi connectivity index (χ4v) is 6.89. The molecule has 3 N–H and O–H groups in total. The lowest BCUT2D eigenvalue weighted by molar-refractivity contribution is -0.139. The zero-order valence-corrected chi connectivity index (χ0v) is 30.0. The third-order valence-corrected chi connectivity index (χ3v) is 8.71. The zero-order valence-electron chi connectivity index (χ0n) is 26.3. The van der Waals surface area contributed by atoms with E-state index in [1.165, 1.54) is 13.3 Å². The second-order valence-corrected chi connectivity index (χ2v) is 12.5. The molecule has 0 aromatic heterocycles. The van der Waals surface area contributed by atoms with Crippen LogP contribution in [0.3, 0.4) is 0 Å². The number of methoxy groups -OCH3 is 1. The Kier molecular flexibility index (Phi) is 11.5. The third-order valence-electron chi connectivity index (χ3n) is 7.32. The maximum absolute atomic E-state index is 12.6. The number of allylic oxidation sites excluding steroid dienone is 1. The van der Waals surface area contributed by atoms with Gasteiger partial charge in [-0.3, -0.25) is 4.79 Å². The number of carbonyl (C=O) groups excluding carboxylic acids is 3. The molecule has 3 amide bonds. The predicted molar refractivity (Wildman–Crippen MR) is 193 cm³/mol. The zero-order chi connectivity index (χ0) is 34.2. The van der Waals surface area contributed by atoms with E-state index in [1.807, 2.05) is 30.3 Å². The number of amides is 3. The van der Waals surface area contributed by atoms with Gasteiger partial charge in [0.25, 0.3) is 5.91 Å². The maximum Gasteiger partial charge on any atom is 0.338 e. The van der Waals surface area contributed by atoms with Crippen LogP contribution in [0.1, 0.15) is 36.6 Å². The molecule has 0 bridgehead atoms. The molecular formula is C35H32BrIN4O7. The van der Waals surface area contributed by atoms with Crippen LogP contribution in [-0.4, -0.2) is 44.4 Å². The van der Waals surface area contributed by atoms with Crippen LogP contribution in [0.5, 0.6) is 17.2 Å². The summed E-state index contributed by atoms with van der Waals surface area (Å²) in [7, 11) is 1.45. The summed E-state index contributed by atoms with van der Waals surface area (Å²) in [5, 5.41) is 11.7. The second kappa shape index (κ2) is 16.0. The Labute approximate surface area is 299 Å². The predicted octanol–water partition coefficient (Wildman–Crippen LogP) is 6.51. The number of hydrogen-bond acceptors (Lipinski definition) is 8. The second-order valence-electron chi connectivity index (χ2n) is 10.5. The van der Waals surface area contributed by atoms with Gasteiger partial charge in [0, 0.05) is 5.70 Å². The first-order valence-electron chi connectivity index (χ1n) is 14.8. The number of ether oxygens (including phenoxy) is 4. The quantitative estimate of drug-likeness (QED) is 0.0641. The van der Waals surface area contributed by atoms with Gasteiger partial charge in [-0.05, 0) is 104 Å². The van der Waals surface area contributed by atoms with Crippen molar-refractivity contribution in [2.24, 2.45) is 5.10 Å². The summed E-state index contributed by atoms with van der Waals surface area (Å²) >= 11 is 5.81. The van der Waals surface area contributed by atoms with Gasteiger partial charge in [-0.25, -0.2) is 15.0 Å². The normalized spacial score (nSPS) is 14.4. The van der Waals surface area contributed by atoms with Crippen molar-refractivity contribution in [3.05, 3.63) is 109 Å². The minimum Gasteiger partial charge on any atom is -0.493 e. The highest BCUT2D eigenvalue weighted by Crippen LogP contribution is 2.35. The number of hydrogen-bond donors (Lipinski definition) is 3. The van der Waals surface area contributed by atoms with E-state index in [2.05, 4.69) is 83.9 Å². The van der Waals surface area contributed by atoms with E-state index < -0.39 is 23.9 Å². The highest BCUT2D eigenvalue weighted by Gasteiger charge is 2.32.